The number of carbonyl (C=O) groups excluding carboxylic acids is 2. The Hall–Kier alpha value is -2.43. The summed E-state index contributed by atoms with van der Waals surface area (Å²) in [4.78, 5) is 27.4. The third-order valence-electron chi connectivity index (χ3n) is 5.62. The van der Waals surface area contributed by atoms with E-state index in [1.54, 1.807) is 11.0 Å². The molecule has 0 unspecified atom stereocenters. The molecule has 0 atom stereocenters. The summed E-state index contributed by atoms with van der Waals surface area (Å²) in [7, 11) is -3.78. The van der Waals surface area contributed by atoms with Crippen LogP contribution in [0, 0.1) is 0 Å². The van der Waals surface area contributed by atoms with Crippen molar-refractivity contribution in [1.82, 2.24) is 9.21 Å². The van der Waals surface area contributed by atoms with Gasteiger partial charge in [-0.25, -0.2) is 8.42 Å². The van der Waals surface area contributed by atoms with Gasteiger partial charge in [-0.05, 0) is 43.2 Å². The van der Waals surface area contributed by atoms with Crippen LogP contribution in [0.15, 0.2) is 34.2 Å². The van der Waals surface area contributed by atoms with Crippen LogP contribution in [0.2, 0.25) is 0 Å². The zero-order valence-electron chi connectivity index (χ0n) is 17.2. The number of amides is 2. The van der Waals surface area contributed by atoms with E-state index in [1.807, 2.05) is 0 Å². The van der Waals surface area contributed by atoms with Crippen molar-refractivity contribution >= 4 is 27.5 Å². The van der Waals surface area contributed by atoms with Crippen LogP contribution in [-0.2, 0) is 19.6 Å². The molecule has 10 heteroatoms. The molecule has 3 heterocycles. The first-order valence-electron chi connectivity index (χ1n) is 9.75. The lowest BCUT2D eigenvalue weighted by Crippen LogP contribution is -2.45. The number of ether oxygens (including phenoxy) is 1. The SMILES string of the molecule is CC(=O)N1CCOc2ccc(S(=O)(=O)N3CC4=C(CN(C(=O)C(C)(C)O)C4)C3)cc21. The highest BCUT2D eigenvalue weighted by Gasteiger charge is 2.40. The minimum atomic E-state index is -3.78. The summed E-state index contributed by atoms with van der Waals surface area (Å²) in [5.74, 6) is -0.0592. The van der Waals surface area contributed by atoms with Crippen LogP contribution in [0.1, 0.15) is 20.8 Å². The van der Waals surface area contributed by atoms with E-state index in [4.69, 9.17) is 4.74 Å². The number of aliphatic hydroxyl groups is 1. The fourth-order valence-electron chi connectivity index (χ4n) is 4.08. The number of rotatable bonds is 3. The summed E-state index contributed by atoms with van der Waals surface area (Å²) in [6.45, 7) is 6.11. The second-order valence-corrected chi connectivity index (χ2v) is 10.3. The molecule has 0 spiro atoms. The van der Waals surface area contributed by atoms with Gasteiger partial charge in [0, 0.05) is 33.1 Å². The van der Waals surface area contributed by atoms with Crippen molar-refractivity contribution in [2.24, 2.45) is 0 Å². The molecule has 0 saturated carbocycles. The van der Waals surface area contributed by atoms with Crippen LogP contribution in [-0.4, -0.2) is 79.5 Å². The quantitative estimate of drug-likeness (QED) is 0.687. The molecule has 4 rings (SSSR count). The molecule has 0 aliphatic carbocycles. The molecule has 3 aliphatic heterocycles. The number of fused-ring (bicyclic) bond motifs is 1. The van der Waals surface area contributed by atoms with Crippen LogP contribution >= 0.6 is 0 Å². The summed E-state index contributed by atoms with van der Waals surface area (Å²) in [6, 6.07) is 4.56. The van der Waals surface area contributed by atoms with Gasteiger partial charge < -0.3 is 19.6 Å². The standard InChI is InChI=1S/C20H25N3O6S/c1-13(24)23-6-7-29-18-5-4-16(8-17(18)23)30(27,28)22-11-14-9-21(10-15(14)12-22)19(25)20(2,3)26/h4-5,8,26H,6-7,9-12H2,1-3H3. The maximum atomic E-state index is 13.2. The van der Waals surface area contributed by atoms with E-state index in [0.717, 1.165) is 11.1 Å². The fraction of sp³-hybridized carbons (Fsp3) is 0.500. The number of nitrogens with zero attached hydrogens (tertiary/aromatic N) is 3. The largest absolute Gasteiger partial charge is 0.490 e. The van der Waals surface area contributed by atoms with E-state index < -0.39 is 15.6 Å². The predicted octanol–water partition coefficient (Wildman–Crippen LogP) is 0.346. The van der Waals surface area contributed by atoms with Crippen LogP contribution < -0.4 is 9.64 Å². The Morgan fingerprint density at radius 3 is 2.30 bits per heavy atom. The van der Waals surface area contributed by atoms with Gasteiger partial charge in [0.2, 0.25) is 15.9 Å². The minimum Gasteiger partial charge on any atom is -0.490 e. The van der Waals surface area contributed by atoms with Crippen LogP contribution in [0.25, 0.3) is 0 Å². The molecule has 0 radical (unpaired) electrons. The third-order valence-corrected chi connectivity index (χ3v) is 7.41. The van der Waals surface area contributed by atoms with Gasteiger partial charge in [0.1, 0.15) is 18.0 Å². The molecule has 2 amide bonds. The normalized spacial score (nSPS) is 19.6. The zero-order chi connectivity index (χ0) is 21.8. The molecule has 9 nitrogen and oxygen atoms in total. The van der Waals surface area contributed by atoms with E-state index in [0.29, 0.717) is 37.7 Å². The lowest BCUT2D eigenvalue weighted by molar-refractivity contribution is -0.146. The maximum absolute atomic E-state index is 13.2. The molecule has 162 valence electrons. The Morgan fingerprint density at radius 1 is 1.10 bits per heavy atom. The molecular formula is C20H25N3O6S. The van der Waals surface area contributed by atoms with E-state index in [2.05, 4.69) is 0 Å². The summed E-state index contributed by atoms with van der Waals surface area (Å²) >= 11 is 0. The van der Waals surface area contributed by atoms with Crippen molar-refractivity contribution in [2.45, 2.75) is 31.3 Å². The lowest BCUT2D eigenvalue weighted by atomic mass is 10.1. The van der Waals surface area contributed by atoms with Crippen molar-refractivity contribution in [3.05, 3.63) is 29.3 Å². The Labute approximate surface area is 175 Å². The number of hydrogen-bond acceptors (Lipinski definition) is 6. The van der Waals surface area contributed by atoms with Crippen LogP contribution in [0.3, 0.4) is 0 Å². The van der Waals surface area contributed by atoms with Crippen molar-refractivity contribution < 1.29 is 27.9 Å². The number of sulfonamides is 1. The molecule has 0 fully saturated rings. The smallest absolute Gasteiger partial charge is 0.254 e. The van der Waals surface area contributed by atoms with Gasteiger partial charge in [-0.1, -0.05) is 0 Å². The highest BCUT2D eigenvalue weighted by molar-refractivity contribution is 7.89. The van der Waals surface area contributed by atoms with Crippen molar-refractivity contribution in [2.75, 3.05) is 44.2 Å². The molecule has 30 heavy (non-hydrogen) atoms. The first kappa shape index (κ1) is 20.8. The molecule has 0 saturated heterocycles. The van der Waals surface area contributed by atoms with Gasteiger partial charge in [-0.2, -0.15) is 4.31 Å². The number of benzene rings is 1. The van der Waals surface area contributed by atoms with Gasteiger partial charge >= 0.3 is 0 Å². The van der Waals surface area contributed by atoms with Crippen LogP contribution in [0.4, 0.5) is 5.69 Å². The monoisotopic (exact) mass is 435 g/mol. The third kappa shape index (κ3) is 3.48. The van der Waals surface area contributed by atoms with Gasteiger partial charge in [0.15, 0.2) is 0 Å². The van der Waals surface area contributed by atoms with E-state index in [9.17, 15) is 23.1 Å². The Morgan fingerprint density at radius 2 is 1.73 bits per heavy atom. The minimum absolute atomic E-state index is 0.101. The second-order valence-electron chi connectivity index (χ2n) is 8.35. The average Bonchev–Trinajstić information content (AvgIpc) is 3.25. The number of hydrogen-bond donors (Lipinski definition) is 1. The summed E-state index contributed by atoms with van der Waals surface area (Å²) in [6.07, 6.45) is 0. The van der Waals surface area contributed by atoms with Crippen molar-refractivity contribution in [3.63, 3.8) is 0 Å². The summed E-state index contributed by atoms with van der Waals surface area (Å²) in [5.41, 5.74) is 0.779. The molecular weight excluding hydrogens is 410 g/mol. The molecule has 1 N–H and O–H groups in total. The highest BCUT2D eigenvalue weighted by Crippen LogP contribution is 2.36. The average molecular weight is 436 g/mol. The second kappa shape index (κ2) is 7.07. The maximum Gasteiger partial charge on any atom is 0.254 e. The summed E-state index contributed by atoms with van der Waals surface area (Å²) < 4.78 is 33.4. The molecule has 1 aromatic carbocycles. The Bertz CT molecular complexity index is 1040. The molecule has 0 aromatic heterocycles. The van der Waals surface area contributed by atoms with E-state index >= 15 is 0 Å². The summed E-state index contributed by atoms with van der Waals surface area (Å²) in [5, 5.41) is 9.94. The lowest BCUT2D eigenvalue weighted by Gasteiger charge is -2.30. The Kier molecular flexibility index (Phi) is 4.91. The first-order chi connectivity index (χ1) is 14.0. The van der Waals surface area contributed by atoms with E-state index in [1.165, 1.54) is 42.1 Å². The van der Waals surface area contributed by atoms with E-state index in [-0.39, 0.29) is 29.8 Å². The molecule has 1 aromatic rings. The molecule has 3 aliphatic rings. The van der Waals surface area contributed by atoms with Gasteiger partial charge in [-0.15, -0.1) is 0 Å². The Balaban J connectivity index is 1.53. The van der Waals surface area contributed by atoms with Gasteiger partial charge in [0.25, 0.3) is 5.91 Å². The topological polar surface area (TPSA) is 107 Å². The van der Waals surface area contributed by atoms with Crippen molar-refractivity contribution in [3.8, 4) is 5.75 Å². The number of carbonyl (C=O) groups is 2. The molecule has 0 bridgehead atoms. The van der Waals surface area contributed by atoms with Gasteiger partial charge in [0.05, 0.1) is 17.1 Å². The highest BCUT2D eigenvalue weighted by atomic mass is 32.2. The van der Waals surface area contributed by atoms with Crippen LogP contribution in [0.5, 0.6) is 5.75 Å². The number of anilines is 1. The zero-order valence-corrected chi connectivity index (χ0v) is 18.0. The van der Waals surface area contributed by atoms with Gasteiger partial charge in [-0.3, -0.25) is 9.59 Å². The fourth-order valence-corrected chi connectivity index (χ4v) is 5.53. The first-order valence-corrected chi connectivity index (χ1v) is 11.2. The predicted molar refractivity (Wildman–Crippen MR) is 109 cm³/mol. The van der Waals surface area contributed by atoms with Crippen molar-refractivity contribution in [1.29, 1.82) is 0 Å².